The fraction of sp³-hybridized carbons (Fsp3) is 0.211. The summed E-state index contributed by atoms with van der Waals surface area (Å²) in [4.78, 5) is 18.5. The topological polar surface area (TPSA) is 60.3 Å². The van der Waals surface area contributed by atoms with Crippen molar-refractivity contribution in [3.63, 3.8) is 0 Å². The molecule has 0 fully saturated rings. The Morgan fingerprint density at radius 1 is 1.23 bits per heavy atom. The van der Waals surface area contributed by atoms with Crippen LogP contribution in [0.3, 0.4) is 0 Å². The van der Waals surface area contributed by atoms with Crippen molar-refractivity contribution in [1.29, 1.82) is 0 Å². The second kappa shape index (κ2) is 6.59. The number of hydrogen-bond donors (Lipinski definition) is 0. The number of halogens is 1. The fourth-order valence-corrected chi connectivity index (χ4v) is 3.00. The van der Waals surface area contributed by atoms with Gasteiger partial charge in [-0.15, -0.1) is 5.10 Å². The predicted molar refractivity (Wildman–Crippen MR) is 93.5 cm³/mol. The number of rotatable bonds is 4. The van der Waals surface area contributed by atoms with Gasteiger partial charge in [0.1, 0.15) is 23.9 Å². The number of fused-ring (bicyclic) bond motifs is 1. The summed E-state index contributed by atoms with van der Waals surface area (Å²) in [5.74, 6) is 0.152. The van der Waals surface area contributed by atoms with Crippen molar-refractivity contribution in [3.8, 4) is 5.88 Å². The highest BCUT2D eigenvalue weighted by atomic mass is 19.1. The molecule has 2 aromatic heterocycles. The van der Waals surface area contributed by atoms with Crippen molar-refractivity contribution in [2.75, 3.05) is 4.90 Å². The lowest BCUT2D eigenvalue weighted by Crippen LogP contribution is -2.47. The Labute approximate surface area is 149 Å². The highest BCUT2D eigenvalue weighted by molar-refractivity contribution is 6.05. The van der Waals surface area contributed by atoms with Gasteiger partial charge in [0, 0.05) is 6.07 Å². The minimum atomic E-state index is -0.437. The number of ether oxygens (including phenoxy) is 1. The number of carbonyl (C=O) groups excluding carboxylic acids is 1. The predicted octanol–water partition coefficient (Wildman–Crippen LogP) is 3.05. The molecule has 1 aromatic carbocycles. The van der Waals surface area contributed by atoms with Gasteiger partial charge in [0.05, 0.1) is 18.8 Å². The molecule has 0 saturated carbocycles. The first kappa shape index (κ1) is 16.3. The molecule has 4 rings (SSSR count). The summed E-state index contributed by atoms with van der Waals surface area (Å²) in [6, 6.07) is 14.0. The molecule has 0 bridgehead atoms. The van der Waals surface area contributed by atoms with E-state index < -0.39 is 5.82 Å². The Bertz CT molecular complexity index is 924. The van der Waals surface area contributed by atoms with Crippen LogP contribution in [0.2, 0.25) is 0 Å². The second-order valence-electron chi connectivity index (χ2n) is 6.18. The summed E-state index contributed by atoms with van der Waals surface area (Å²) >= 11 is 0. The van der Waals surface area contributed by atoms with Crippen LogP contribution < -0.4 is 9.64 Å². The molecule has 0 unspecified atom stereocenters. The van der Waals surface area contributed by atoms with Crippen molar-refractivity contribution in [2.24, 2.45) is 0 Å². The van der Waals surface area contributed by atoms with E-state index in [0.29, 0.717) is 30.5 Å². The number of carbonyl (C=O) groups is 1. The maximum atomic E-state index is 13.1. The molecule has 0 radical (unpaired) electrons. The molecule has 6 nitrogen and oxygen atoms in total. The molecule has 26 heavy (non-hydrogen) atoms. The third kappa shape index (κ3) is 3.03. The number of amides is 1. The first-order chi connectivity index (χ1) is 12.6. The molecule has 1 amide bonds. The van der Waals surface area contributed by atoms with Crippen molar-refractivity contribution in [1.82, 2.24) is 14.8 Å². The van der Waals surface area contributed by atoms with Gasteiger partial charge >= 0.3 is 0 Å². The summed E-state index contributed by atoms with van der Waals surface area (Å²) in [7, 11) is 0. The summed E-state index contributed by atoms with van der Waals surface area (Å²) in [6.45, 7) is 2.79. The molecule has 1 aliphatic heterocycles. The molecule has 7 heteroatoms. The maximum absolute atomic E-state index is 13.1. The molecule has 0 spiro atoms. The molecule has 1 aliphatic rings. The van der Waals surface area contributed by atoms with Crippen molar-refractivity contribution >= 4 is 11.7 Å². The van der Waals surface area contributed by atoms with E-state index in [1.54, 1.807) is 15.6 Å². The number of hydrogen-bond acceptors (Lipinski definition) is 4. The van der Waals surface area contributed by atoms with Crippen LogP contribution in [0.4, 0.5) is 10.2 Å². The normalized spacial score (nSPS) is 16.5. The quantitative estimate of drug-likeness (QED) is 0.724. The lowest BCUT2D eigenvalue weighted by molar-refractivity contribution is 0.0946. The average molecular weight is 352 g/mol. The van der Waals surface area contributed by atoms with Gasteiger partial charge < -0.3 is 4.74 Å². The maximum Gasteiger partial charge on any atom is 0.278 e. The van der Waals surface area contributed by atoms with Crippen LogP contribution >= 0.6 is 0 Å². The molecule has 3 heterocycles. The molecule has 1 atom stereocenters. The van der Waals surface area contributed by atoms with Crippen LogP contribution in [0.15, 0.2) is 54.7 Å². The average Bonchev–Trinajstić information content (AvgIpc) is 3.05. The summed E-state index contributed by atoms with van der Waals surface area (Å²) in [5.41, 5.74) is 1.45. The van der Waals surface area contributed by atoms with E-state index in [0.717, 1.165) is 11.8 Å². The number of aromatic nitrogens is 3. The molecular formula is C19H17FN4O2. The lowest BCUT2D eigenvalue weighted by Gasteiger charge is -2.32. The Hall–Kier alpha value is -3.22. The van der Waals surface area contributed by atoms with Gasteiger partial charge in [0.2, 0.25) is 5.88 Å². The van der Waals surface area contributed by atoms with Crippen LogP contribution in [0.5, 0.6) is 5.88 Å². The van der Waals surface area contributed by atoms with Gasteiger partial charge in [-0.05, 0) is 24.6 Å². The zero-order valence-electron chi connectivity index (χ0n) is 14.2. The van der Waals surface area contributed by atoms with Gasteiger partial charge in [-0.25, -0.2) is 9.37 Å². The third-order valence-electron chi connectivity index (χ3n) is 4.26. The van der Waals surface area contributed by atoms with Crippen LogP contribution in [-0.2, 0) is 13.2 Å². The Morgan fingerprint density at radius 2 is 2.04 bits per heavy atom. The number of pyridine rings is 1. The highest BCUT2D eigenvalue weighted by Gasteiger charge is 2.33. The largest absolute Gasteiger partial charge is 0.472 e. The van der Waals surface area contributed by atoms with Gasteiger partial charge in [0.25, 0.3) is 5.91 Å². The number of nitrogens with zero attached hydrogens (tertiary/aromatic N) is 4. The van der Waals surface area contributed by atoms with Gasteiger partial charge in [-0.2, -0.15) is 0 Å². The minimum Gasteiger partial charge on any atom is -0.472 e. The fourth-order valence-electron chi connectivity index (χ4n) is 3.00. The van der Waals surface area contributed by atoms with E-state index in [1.165, 1.54) is 12.1 Å². The standard InChI is InChI=1S/C19H17FN4O2/c1-13-11-23-16(19(25)24(13)17-8-7-15(20)10-21-17)9-18(22-23)26-12-14-5-3-2-4-6-14/h2-10,13H,11-12H2,1H3/t13-/m1/s1. The molecule has 0 saturated heterocycles. The lowest BCUT2D eigenvalue weighted by atomic mass is 10.2. The first-order valence-corrected chi connectivity index (χ1v) is 8.31. The van der Waals surface area contributed by atoms with Gasteiger partial charge in [-0.1, -0.05) is 30.3 Å². The number of benzene rings is 1. The van der Waals surface area contributed by atoms with Gasteiger partial charge in [-0.3, -0.25) is 14.4 Å². The second-order valence-corrected chi connectivity index (χ2v) is 6.18. The zero-order chi connectivity index (χ0) is 18.1. The summed E-state index contributed by atoms with van der Waals surface area (Å²) in [6.07, 6.45) is 1.11. The first-order valence-electron chi connectivity index (χ1n) is 8.31. The van der Waals surface area contributed by atoms with E-state index in [2.05, 4.69) is 10.1 Å². The molecule has 0 N–H and O–H groups in total. The van der Waals surface area contributed by atoms with Crippen molar-refractivity contribution in [2.45, 2.75) is 26.1 Å². The van der Waals surface area contributed by atoms with Crippen molar-refractivity contribution < 1.29 is 13.9 Å². The monoisotopic (exact) mass is 352 g/mol. The Morgan fingerprint density at radius 3 is 2.77 bits per heavy atom. The van der Waals surface area contributed by atoms with Gasteiger partial charge in [0.15, 0.2) is 0 Å². The summed E-state index contributed by atoms with van der Waals surface area (Å²) < 4.78 is 20.5. The Balaban J connectivity index is 1.56. The summed E-state index contributed by atoms with van der Waals surface area (Å²) in [5, 5.41) is 4.38. The van der Waals surface area contributed by atoms with E-state index >= 15 is 0 Å². The van der Waals surface area contributed by atoms with Crippen LogP contribution in [0.25, 0.3) is 0 Å². The Kier molecular flexibility index (Phi) is 4.12. The van der Waals surface area contributed by atoms with Crippen molar-refractivity contribution in [3.05, 3.63) is 71.8 Å². The van der Waals surface area contributed by atoms with E-state index in [9.17, 15) is 9.18 Å². The minimum absolute atomic E-state index is 0.158. The van der Waals surface area contributed by atoms with Crippen LogP contribution in [0.1, 0.15) is 23.0 Å². The van der Waals surface area contributed by atoms with Crippen LogP contribution in [-0.4, -0.2) is 26.7 Å². The zero-order valence-corrected chi connectivity index (χ0v) is 14.2. The molecular weight excluding hydrogens is 335 g/mol. The van der Waals surface area contributed by atoms with E-state index in [4.69, 9.17) is 4.74 Å². The SMILES string of the molecule is C[C@@H]1Cn2nc(OCc3ccccc3)cc2C(=O)N1c1ccc(F)cn1. The molecule has 3 aromatic rings. The third-order valence-corrected chi connectivity index (χ3v) is 4.26. The highest BCUT2D eigenvalue weighted by Crippen LogP contribution is 2.26. The number of anilines is 1. The molecule has 0 aliphatic carbocycles. The van der Waals surface area contributed by atoms with Crippen LogP contribution in [0, 0.1) is 5.82 Å². The smallest absolute Gasteiger partial charge is 0.278 e. The molecule has 132 valence electrons. The van der Waals surface area contributed by atoms with E-state index in [1.807, 2.05) is 37.3 Å². The van der Waals surface area contributed by atoms with E-state index in [-0.39, 0.29) is 11.9 Å².